The maximum atomic E-state index is 12.4. The first-order valence-electron chi connectivity index (χ1n) is 6.98. The van der Waals surface area contributed by atoms with Gasteiger partial charge in [-0.3, -0.25) is 4.79 Å². The van der Waals surface area contributed by atoms with Gasteiger partial charge >= 0.3 is 0 Å². The second-order valence-corrected chi connectivity index (χ2v) is 6.05. The summed E-state index contributed by atoms with van der Waals surface area (Å²) in [6.07, 6.45) is 2.06. The Bertz CT molecular complexity index is 636. The summed E-state index contributed by atoms with van der Waals surface area (Å²) in [4.78, 5) is 14.2. The van der Waals surface area contributed by atoms with Gasteiger partial charge in [0.15, 0.2) is 6.61 Å². The van der Waals surface area contributed by atoms with Crippen LogP contribution in [0.1, 0.15) is 18.7 Å². The number of aromatic nitrogens is 1. The van der Waals surface area contributed by atoms with Gasteiger partial charge in [0.25, 0.3) is 5.91 Å². The SMILES string of the molecule is CC1c2cccn2CCN1C(=O)COc1ccc(Br)cc1. The third-order valence-corrected chi connectivity index (χ3v) is 4.37. The van der Waals surface area contributed by atoms with E-state index in [9.17, 15) is 4.79 Å². The normalized spacial score (nSPS) is 17.4. The molecule has 1 unspecified atom stereocenters. The molecule has 0 radical (unpaired) electrons. The molecule has 1 amide bonds. The molecule has 0 saturated carbocycles. The van der Waals surface area contributed by atoms with E-state index in [4.69, 9.17) is 4.74 Å². The second-order valence-electron chi connectivity index (χ2n) is 5.13. The van der Waals surface area contributed by atoms with Crippen LogP contribution in [-0.4, -0.2) is 28.5 Å². The van der Waals surface area contributed by atoms with E-state index in [0.717, 1.165) is 17.6 Å². The summed E-state index contributed by atoms with van der Waals surface area (Å²) >= 11 is 3.37. The van der Waals surface area contributed by atoms with Crippen LogP contribution in [0.3, 0.4) is 0 Å². The first-order chi connectivity index (χ1) is 10.1. The summed E-state index contributed by atoms with van der Waals surface area (Å²) in [5, 5.41) is 0. The highest BCUT2D eigenvalue weighted by molar-refractivity contribution is 9.10. The van der Waals surface area contributed by atoms with Crippen LogP contribution in [0.4, 0.5) is 0 Å². The van der Waals surface area contributed by atoms with Gasteiger partial charge in [-0.1, -0.05) is 15.9 Å². The maximum absolute atomic E-state index is 12.4. The van der Waals surface area contributed by atoms with Gasteiger partial charge in [-0.05, 0) is 43.3 Å². The number of rotatable bonds is 3. The molecular weight excluding hydrogens is 332 g/mol. The largest absolute Gasteiger partial charge is 0.484 e. The zero-order valence-electron chi connectivity index (χ0n) is 11.8. The number of nitrogens with zero attached hydrogens (tertiary/aromatic N) is 2. The molecule has 0 fully saturated rings. The lowest BCUT2D eigenvalue weighted by Gasteiger charge is -2.34. The number of fused-ring (bicyclic) bond motifs is 1. The molecule has 2 heterocycles. The molecule has 1 atom stereocenters. The number of amides is 1. The molecule has 0 spiro atoms. The molecule has 0 bridgehead atoms. The molecule has 4 nitrogen and oxygen atoms in total. The standard InChI is InChI=1S/C16H17BrN2O2/c1-12-15-3-2-8-18(15)9-10-19(12)16(20)11-21-14-6-4-13(17)5-7-14/h2-8,12H,9-11H2,1H3. The van der Waals surface area contributed by atoms with Crippen LogP contribution in [0.15, 0.2) is 47.1 Å². The van der Waals surface area contributed by atoms with Crippen molar-refractivity contribution in [3.05, 3.63) is 52.8 Å². The van der Waals surface area contributed by atoms with Crippen molar-refractivity contribution in [2.45, 2.75) is 19.5 Å². The Morgan fingerprint density at radius 2 is 2.05 bits per heavy atom. The predicted octanol–water partition coefficient (Wildman–Crippen LogP) is 3.23. The number of halogens is 1. The molecule has 110 valence electrons. The molecular formula is C16H17BrN2O2. The van der Waals surface area contributed by atoms with Crippen molar-refractivity contribution in [3.63, 3.8) is 0 Å². The number of benzene rings is 1. The molecule has 0 N–H and O–H groups in total. The number of carbonyl (C=O) groups excluding carboxylic acids is 1. The first kappa shape index (κ1) is 14.2. The topological polar surface area (TPSA) is 34.5 Å². The lowest BCUT2D eigenvalue weighted by Crippen LogP contribution is -2.42. The molecule has 1 aromatic carbocycles. The van der Waals surface area contributed by atoms with Crippen molar-refractivity contribution >= 4 is 21.8 Å². The maximum Gasteiger partial charge on any atom is 0.261 e. The molecule has 5 heteroatoms. The molecule has 1 aliphatic heterocycles. The molecule has 1 aromatic heterocycles. The minimum atomic E-state index is 0.0258. The van der Waals surface area contributed by atoms with Crippen molar-refractivity contribution in [3.8, 4) is 5.75 Å². The van der Waals surface area contributed by atoms with Crippen molar-refractivity contribution in [1.29, 1.82) is 0 Å². The average Bonchev–Trinajstić information content (AvgIpc) is 2.96. The Morgan fingerprint density at radius 1 is 1.29 bits per heavy atom. The molecule has 1 aliphatic rings. The second kappa shape index (κ2) is 5.93. The summed E-state index contributed by atoms with van der Waals surface area (Å²) in [6, 6.07) is 11.7. The zero-order chi connectivity index (χ0) is 14.8. The van der Waals surface area contributed by atoms with E-state index in [1.165, 1.54) is 5.69 Å². The Kier molecular flexibility index (Phi) is 4.01. The van der Waals surface area contributed by atoms with Crippen LogP contribution in [0.5, 0.6) is 5.75 Å². The van der Waals surface area contributed by atoms with Crippen LogP contribution in [0.2, 0.25) is 0 Å². The Balaban J connectivity index is 1.62. The van der Waals surface area contributed by atoms with E-state index in [2.05, 4.69) is 39.7 Å². The van der Waals surface area contributed by atoms with Gasteiger partial charge in [0.1, 0.15) is 5.75 Å². The number of carbonyl (C=O) groups is 1. The Morgan fingerprint density at radius 3 is 2.81 bits per heavy atom. The van der Waals surface area contributed by atoms with E-state index >= 15 is 0 Å². The third kappa shape index (κ3) is 2.97. The van der Waals surface area contributed by atoms with Crippen LogP contribution >= 0.6 is 15.9 Å². The Hall–Kier alpha value is -1.75. The van der Waals surface area contributed by atoms with E-state index < -0.39 is 0 Å². The van der Waals surface area contributed by atoms with Gasteiger partial charge in [-0.2, -0.15) is 0 Å². The minimum Gasteiger partial charge on any atom is -0.484 e. The molecule has 21 heavy (non-hydrogen) atoms. The third-order valence-electron chi connectivity index (χ3n) is 3.84. The summed E-state index contributed by atoms with van der Waals surface area (Å²) in [5.41, 5.74) is 1.18. The highest BCUT2D eigenvalue weighted by Crippen LogP contribution is 2.25. The fourth-order valence-electron chi connectivity index (χ4n) is 2.68. The monoisotopic (exact) mass is 348 g/mol. The van der Waals surface area contributed by atoms with Crippen molar-refractivity contribution < 1.29 is 9.53 Å². The lowest BCUT2D eigenvalue weighted by molar-refractivity contribution is -0.136. The lowest BCUT2D eigenvalue weighted by atomic mass is 10.1. The number of hydrogen-bond donors (Lipinski definition) is 0. The number of hydrogen-bond acceptors (Lipinski definition) is 2. The average molecular weight is 349 g/mol. The minimum absolute atomic E-state index is 0.0258. The molecule has 0 aliphatic carbocycles. The first-order valence-corrected chi connectivity index (χ1v) is 7.77. The van der Waals surface area contributed by atoms with Crippen LogP contribution in [0.25, 0.3) is 0 Å². The van der Waals surface area contributed by atoms with Crippen LogP contribution in [-0.2, 0) is 11.3 Å². The molecule has 3 rings (SSSR count). The zero-order valence-corrected chi connectivity index (χ0v) is 13.4. The summed E-state index contributed by atoms with van der Waals surface area (Å²) in [6.45, 7) is 3.71. The van der Waals surface area contributed by atoms with Crippen LogP contribution < -0.4 is 4.74 Å². The van der Waals surface area contributed by atoms with Crippen molar-refractivity contribution in [2.24, 2.45) is 0 Å². The fraction of sp³-hybridized carbons (Fsp3) is 0.312. The van der Waals surface area contributed by atoms with Gasteiger partial charge in [-0.25, -0.2) is 0 Å². The number of ether oxygens (including phenoxy) is 1. The van der Waals surface area contributed by atoms with E-state index in [1.807, 2.05) is 35.2 Å². The highest BCUT2D eigenvalue weighted by atomic mass is 79.9. The van der Waals surface area contributed by atoms with Crippen molar-refractivity contribution in [2.75, 3.05) is 13.2 Å². The van der Waals surface area contributed by atoms with Gasteiger partial charge in [0.05, 0.1) is 6.04 Å². The van der Waals surface area contributed by atoms with Gasteiger partial charge < -0.3 is 14.2 Å². The summed E-state index contributed by atoms with van der Waals surface area (Å²) in [7, 11) is 0. The highest BCUT2D eigenvalue weighted by Gasteiger charge is 2.27. The van der Waals surface area contributed by atoms with Crippen LogP contribution in [0, 0.1) is 0 Å². The van der Waals surface area contributed by atoms with Gasteiger partial charge in [0, 0.05) is 29.5 Å². The quantitative estimate of drug-likeness (QED) is 0.853. The molecule has 2 aromatic rings. The van der Waals surface area contributed by atoms with E-state index in [-0.39, 0.29) is 18.6 Å². The summed E-state index contributed by atoms with van der Waals surface area (Å²) < 4.78 is 8.77. The smallest absolute Gasteiger partial charge is 0.261 e. The van der Waals surface area contributed by atoms with Gasteiger partial charge in [-0.15, -0.1) is 0 Å². The van der Waals surface area contributed by atoms with E-state index in [1.54, 1.807) is 0 Å². The Labute approximate surface area is 132 Å². The predicted molar refractivity (Wildman–Crippen MR) is 84.2 cm³/mol. The summed E-state index contributed by atoms with van der Waals surface area (Å²) in [5.74, 6) is 0.734. The van der Waals surface area contributed by atoms with E-state index in [0.29, 0.717) is 5.75 Å². The van der Waals surface area contributed by atoms with Gasteiger partial charge in [0.2, 0.25) is 0 Å². The fourth-order valence-corrected chi connectivity index (χ4v) is 2.94. The molecule has 0 saturated heterocycles. The van der Waals surface area contributed by atoms with Crippen molar-refractivity contribution in [1.82, 2.24) is 9.47 Å².